The summed E-state index contributed by atoms with van der Waals surface area (Å²) < 4.78 is 19.6. The number of hydrogen-bond acceptors (Lipinski definition) is 4. The summed E-state index contributed by atoms with van der Waals surface area (Å²) in [5, 5.41) is 0. The molecular weight excluding hydrogens is 335 g/mol. The van der Waals surface area contributed by atoms with Crippen molar-refractivity contribution in [3.8, 4) is 5.75 Å². The number of rotatable bonds is 4. The van der Waals surface area contributed by atoms with Crippen LogP contribution in [0.4, 0.5) is 10.1 Å². The first kappa shape index (κ1) is 17.9. The van der Waals surface area contributed by atoms with Gasteiger partial charge in [0.05, 0.1) is 18.4 Å². The van der Waals surface area contributed by atoms with E-state index in [0.29, 0.717) is 48.7 Å². The Hall–Kier alpha value is -2.89. The van der Waals surface area contributed by atoms with Gasteiger partial charge in [0, 0.05) is 31.7 Å². The lowest BCUT2D eigenvalue weighted by Gasteiger charge is -2.36. The van der Waals surface area contributed by atoms with Crippen molar-refractivity contribution < 1.29 is 18.7 Å². The number of nitrogens with zero attached hydrogens (tertiary/aromatic N) is 2. The van der Waals surface area contributed by atoms with Crippen LogP contribution in [0.3, 0.4) is 0 Å². The zero-order valence-electron chi connectivity index (χ0n) is 14.9. The zero-order valence-corrected chi connectivity index (χ0v) is 14.9. The average molecular weight is 356 g/mol. The fraction of sp³-hybridized carbons (Fsp3) is 0.300. The van der Waals surface area contributed by atoms with E-state index >= 15 is 0 Å². The highest BCUT2D eigenvalue weighted by atomic mass is 19.1. The second-order valence-electron chi connectivity index (χ2n) is 6.20. The van der Waals surface area contributed by atoms with E-state index in [4.69, 9.17) is 4.74 Å². The van der Waals surface area contributed by atoms with Gasteiger partial charge in [0.2, 0.25) is 0 Å². The van der Waals surface area contributed by atoms with Gasteiger partial charge >= 0.3 is 0 Å². The van der Waals surface area contributed by atoms with Gasteiger partial charge in [0.1, 0.15) is 11.6 Å². The van der Waals surface area contributed by atoms with Crippen molar-refractivity contribution in [2.45, 2.75) is 6.92 Å². The van der Waals surface area contributed by atoms with E-state index in [1.807, 2.05) is 11.0 Å². The average Bonchev–Trinajstić information content (AvgIpc) is 2.67. The number of piperazine rings is 1. The van der Waals surface area contributed by atoms with Crippen LogP contribution in [0.15, 0.2) is 42.5 Å². The Morgan fingerprint density at radius 3 is 2.35 bits per heavy atom. The van der Waals surface area contributed by atoms with Crippen LogP contribution in [0.1, 0.15) is 27.6 Å². The first-order valence-corrected chi connectivity index (χ1v) is 8.49. The van der Waals surface area contributed by atoms with Gasteiger partial charge in [-0.3, -0.25) is 9.59 Å². The standard InChI is InChI=1S/C20H21FN2O3/c1-14(24)15-7-8-18(17(21)13-15)22-9-11-23(12-10-22)20(25)16-5-3-4-6-19(16)26-2/h3-8,13H,9-12H2,1-2H3. The number of ether oxygens (including phenoxy) is 1. The van der Waals surface area contributed by atoms with E-state index in [1.54, 1.807) is 35.2 Å². The molecular formula is C20H21FN2O3. The van der Waals surface area contributed by atoms with Crippen molar-refractivity contribution >= 4 is 17.4 Å². The summed E-state index contributed by atoms with van der Waals surface area (Å²) in [4.78, 5) is 27.7. The summed E-state index contributed by atoms with van der Waals surface area (Å²) in [7, 11) is 1.54. The normalized spacial score (nSPS) is 14.3. The third kappa shape index (κ3) is 3.54. The van der Waals surface area contributed by atoms with Gasteiger partial charge in [-0.05, 0) is 37.3 Å². The largest absolute Gasteiger partial charge is 0.496 e. The van der Waals surface area contributed by atoms with Crippen LogP contribution >= 0.6 is 0 Å². The Morgan fingerprint density at radius 2 is 1.73 bits per heavy atom. The van der Waals surface area contributed by atoms with Crippen LogP contribution < -0.4 is 9.64 Å². The molecule has 0 radical (unpaired) electrons. The lowest BCUT2D eigenvalue weighted by Crippen LogP contribution is -2.49. The van der Waals surface area contributed by atoms with Crippen LogP contribution in [0.25, 0.3) is 0 Å². The van der Waals surface area contributed by atoms with Gasteiger partial charge in [-0.2, -0.15) is 0 Å². The van der Waals surface area contributed by atoms with E-state index < -0.39 is 5.82 Å². The highest BCUT2D eigenvalue weighted by molar-refractivity contribution is 5.97. The summed E-state index contributed by atoms with van der Waals surface area (Å²) in [6.07, 6.45) is 0. The van der Waals surface area contributed by atoms with Crippen LogP contribution in [-0.2, 0) is 0 Å². The molecule has 26 heavy (non-hydrogen) atoms. The Labute approximate surface area is 152 Å². The van der Waals surface area contributed by atoms with Crippen molar-refractivity contribution in [2.75, 3.05) is 38.2 Å². The lowest BCUT2D eigenvalue weighted by atomic mass is 10.1. The fourth-order valence-electron chi connectivity index (χ4n) is 3.12. The van der Waals surface area contributed by atoms with Crippen molar-refractivity contribution in [3.05, 3.63) is 59.4 Å². The molecule has 2 aromatic carbocycles. The van der Waals surface area contributed by atoms with Gasteiger partial charge in [0.15, 0.2) is 5.78 Å². The number of benzene rings is 2. The topological polar surface area (TPSA) is 49.9 Å². The monoisotopic (exact) mass is 356 g/mol. The molecule has 3 rings (SSSR count). The van der Waals surface area contributed by atoms with Crippen LogP contribution in [0.5, 0.6) is 5.75 Å². The minimum atomic E-state index is -0.415. The second-order valence-corrected chi connectivity index (χ2v) is 6.20. The van der Waals surface area contributed by atoms with Crippen LogP contribution in [-0.4, -0.2) is 49.9 Å². The number of ketones is 1. The molecule has 1 amide bonds. The number of carbonyl (C=O) groups is 2. The summed E-state index contributed by atoms with van der Waals surface area (Å²) in [5.74, 6) is -0.120. The van der Waals surface area contributed by atoms with Gasteiger partial charge in [-0.25, -0.2) is 4.39 Å². The minimum Gasteiger partial charge on any atom is -0.496 e. The number of anilines is 1. The molecule has 1 aliphatic heterocycles. The highest BCUT2D eigenvalue weighted by Crippen LogP contribution is 2.24. The molecule has 0 aromatic heterocycles. The third-order valence-electron chi connectivity index (χ3n) is 4.60. The molecule has 0 unspecified atom stereocenters. The Kier molecular flexibility index (Phi) is 5.21. The predicted octanol–water partition coefficient (Wildman–Crippen LogP) is 3.00. The molecule has 2 aromatic rings. The van der Waals surface area contributed by atoms with Gasteiger partial charge in [0.25, 0.3) is 5.91 Å². The van der Waals surface area contributed by atoms with E-state index in [0.717, 1.165) is 0 Å². The third-order valence-corrected chi connectivity index (χ3v) is 4.60. The summed E-state index contributed by atoms with van der Waals surface area (Å²) in [6, 6.07) is 11.7. The number of para-hydroxylation sites is 1. The van der Waals surface area contributed by atoms with Crippen LogP contribution in [0.2, 0.25) is 0 Å². The smallest absolute Gasteiger partial charge is 0.257 e. The Bertz CT molecular complexity index is 830. The predicted molar refractivity (Wildman–Crippen MR) is 97.5 cm³/mol. The summed E-state index contributed by atoms with van der Waals surface area (Å²) in [5.41, 5.74) is 1.34. The molecule has 1 saturated heterocycles. The number of halogens is 1. The molecule has 1 fully saturated rings. The lowest BCUT2D eigenvalue weighted by molar-refractivity contribution is 0.0743. The molecule has 5 nitrogen and oxygen atoms in total. The number of hydrogen-bond donors (Lipinski definition) is 0. The molecule has 6 heteroatoms. The summed E-state index contributed by atoms with van der Waals surface area (Å²) >= 11 is 0. The molecule has 0 atom stereocenters. The minimum absolute atomic E-state index is 0.0884. The molecule has 0 N–H and O–H groups in total. The molecule has 0 aliphatic carbocycles. The molecule has 0 bridgehead atoms. The van der Waals surface area contributed by atoms with Crippen LogP contribution in [0, 0.1) is 5.82 Å². The maximum absolute atomic E-state index is 14.3. The van der Waals surface area contributed by atoms with E-state index in [9.17, 15) is 14.0 Å². The Morgan fingerprint density at radius 1 is 1.04 bits per heavy atom. The van der Waals surface area contributed by atoms with E-state index in [-0.39, 0.29) is 11.7 Å². The maximum atomic E-state index is 14.3. The molecule has 136 valence electrons. The number of methoxy groups -OCH3 is 1. The van der Waals surface area contributed by atoms with Gasteiger partial charge in [-0.15, -0.1) is 0 Å². The van der Waals surface area contributed by atoms with Crippen molar-refractivity contribution in [2.24, 2.45) is 0 Å². The SMILES string of the molecule is COc1ccccc1C(=O)N1CCN(c2ccc(C(C)=O)cc2F)CC1. The summed E-state index contributed by atoms with van der Waals surface area (Å²) in [6.45, 7) is 3.45. The van der Waals surface area contributed by atoms with Crippen molar-refractivity contribution in [3.63, 3.8) is 0 Å². The number of Topliss-reactive ketones (excluding diaryl/α,β-unsaturated/α-hetero) is 1. The van der Waals surface area contributed by atoms with Gasteiger partial charge < -0.3 is 14.5 Å². The zero-order chi connectivity index (χ0) is 18.7. The van der Waals surface area contributed by atoms with E-state index in [2.05, 4.69) is 0 Å². The number of amides is 1. The molecule has 0 spiro atoms. The molecule has 1 heterocycles. The number of carbonyl (C=O) groups excluding carboxylic acids is 2. The Balaban J connectivity index is 1.69. The quantitative estimate of drug-likeness (QED) is 0.791. The van der Waals surface area contributed by atoms with Crippen molar-refractivity contribution in [1.82, 2.24) is 4.90 Å². The first-order chi connectivity index (χ1) is 12.5. The highest BCUT2D eigenvalue weighted by Gasteiger charge is 2.25. The molecule has 0 saturated carbocycles. The second kappa shape index (κ2) is 7.56. The first-order valence-electron chi connectivity index (χ1n) is 8.49. The maximum Gasteiger partial charge on any atom is 0.257 e. The molecule has 1 aliphatic rings. The van der Waals surface area contributed by atoms with E-state index in [1.165, 1.54) is 20.1 Å². The van der Waals surface area contributed by atoms with Gasteiger partial charge in [-0.1, -0.05) is 12.1 Å². The fourth-order valence-corrected chi connectivity index (χ4v) is 3.12. The van der Waals surface area contributed by atoms with Crippen molar-refractivity contribution in [1.29, 1.82) is 0 Å².